The van der Waals surface area contributed by atoms with Gasteiger partial charge in [-0.3, -0.25) is 18.7 Å². The van der Waals surface area contributed by atoms with E-state index in [2.05, 4.69) is 15.2 Å². The zero-order valence-electron chi connectivity index (χ0n) is 18.5. The van der Waals surface area contributed by atoms with Gasteiger partial charge >= 0.3 is 5.69 Å². The average molecular weight is 440 g/mol. The van der Waals surface area contributed by atoms with Gasteiger partial charge in [-0.15, -0.1) is 0 Å². The highest BCUT2D eigenvalue weighted by atomic mass is 16.2. The number of carbonyl (C=O) groups is 1. The normalized spacial score (nSPS) is 15.3. The number of piperidine rings is 1. The summed E-state index contributed by atoms with van der Waals surface area (Å²) >= 11 is 0. The quantitative estimate of drug-likeness (QED) is 0.533. The highest BCUT2D eigenvalue weighted by molar-refractivity contribution is 5.94. The number of nitrogens with zero attached hydrogens (tertiary/aromatic N) is 5. The molecule has 4 rings (SSSR count). The van der Waals surface area contributed by atoms with Gasteiger partial charge in [0.25, 0.3) is 11.5 Å². The molecule has 0 radical (unpaired) electrons. The minimum atomic E-state index is -0.376. The zero-order valence-corrected chi connectivity index (χ0v) is 18.5. The Morgan fingerprint density at radius 1 is 1.09 bits per heavy atom. The van der Waals surface area contributed by atoms with Gasteiger partial charge in [-0.1, -0.05) is 0 Å². The van der Waals surface area contributed by atoms with Crippen molar-refractivity contribution in [1.82, 2.24) is 28.9 Å². The second-order valence-electron chi connectivity index (χ2n) is 8.38. The van der Waals surface area contributed by atoms with Crippen LogP contribution in [0.2, 0.25) is 0 Å². The number of nitrogens with one attached hydrogen (secondary N) is 1. The van der Waals surface area contributed by atoms with Gasteiger partial charge in [-0.2, -0.15) is 0 Å². The number of benzene rings is 1. The molecule has 0 unspecified atom stereocenters. The summed E-state index contributed by atoms with van der Waals surface area (Å²) in [5.74, 6) is -0.0635. The second-order valence-corrected chi connectivity index (χ2v) is 8.38. The molecule has 3 N–H and O–H groups in total. The number of carbonyl (C=O) groups excluding carboxylic acids is 1. The number of nitrogen functional groups attached to an aromatic ring is 1. The lowest BCUT2D eigenvalue weighted by molar-refractivity contribution is 0.0910. The number of imidazole rings is 1. The molecule has 2 aromatic heterocycles. The molecule has 1 aliphatic rings. The SMILES string of the molecule is Cn1c(=O)c2c(ncn2CCCN2CCC(NC(=O)c3ccc(N)cc3)CC2)n(C)c1=O. The van der Waals surface area contributed by atoms with E-state index in [-0.39, 0.29) is 23.2 Å². The van der Waals surface area contributed by atoms with Crippen molar-refractivity contribution < 1.29 is 4.79 Å². The molecule has 3 heterocycles. The minimum absolute atomic E-state index is 0.0635. The van der Waals surface area contributed by atoms with Crippen molar-refractivity contribution in [2.45, 2.75) is 31.8 Å². The van der Waals surface area contributed by atoms with Gasteiger partial charge < -0.3 is 20.5 Å². The summed E-state index contributed by atoms with van der Waals surface area (Å²) in [5, 5.41) is 3.11. The Kier molecular flexibility index (Phi) is 6.13. The third-order valence-corrected chi connectivity index (χ3v) is 6.19. The van der Waals surface area contributed by atoms with E-state index in [0.717, 1.165) is 43.5 Å². The number of hydrogen-bond acceptors (Lipinski definition) is 6. The fourth-order valence-electron chi connectivity index (χ4n) is 4.24. The maximum Gasteiger partial charge on any atom is 0.332 e. The maximum atomic E-state index is 12.5. The van der Waals surface area contributed by atoms with Crippen molar-refractivity contribution >= 4 is 22.8 Å². The van der Waals surface area contributed by atoms with E-state index in [1.165, 1.54) is 11.6 Å². The monoisotopic (exact) mass is 439 g/mol. The van der Waals surface area contributed by atoms with E-state index >= 15 is 0 Å². The van der Waals surface area contributed by atoms with Crippen LogP contribution in [-0.2, 0) is 20.6 Å². The Morgan fingerprint density at radius 2 is 1.78 bits per heavy atom. The summed E-state index contributed by atoms with van der Waals surface area (Å²) in [6, 6.07) is 7.11. The lowest BCUT2D eigenvalue weighted by Crippen LogP contribution is -2.45. The standard InChI is InChI=1S/C22H29N7O3/c1-26-19-18(21(31)27(2)22(26)32)29(14-24-19)11-3-10-28-12-8-17(9-13-28)25-20(30)15-4-6-16(23)7-5-15/h4-7,14,17H,3,8-13,23H2,1-2H3,(H,25,30). The molecule has 170 valence electrons. The van der Waals surface area contributed by atoms with Crippen LogP contribution >= 0.6 is 0 Å². The van der Waals surface area contributed by atoms with E-state index in [4.69, 9.17) is 5.73 Å². The van der Waals surface area contributed by atoms with Gasteiger partial charge in [0.2, 0.25) is 0 Å². The molecule has 1 fully saturated rings. The smallest absolute Gasteiger partial charge is 0.332 e. The number of nitrogens with two attached hydrogens (primary N) is 1. The molecular formula is C22H29N7O3. The van der Waals surface area contributed by atoms with Crippen LogP contribution in [0.25, 0.3) is 11.2 Å². The Hall–Kier alpha value is -3.40. The first-order valence-corrected chi connectivity index (χ1v) is 10.8. The molecular weight excluding hydrogens is 410 g/mol. The number of aryl methyl sites for hydroxylation is 2. The lowest BCUT2D eigenvalue weighted by atomic mass is 10.0. The van der Waals surface area contributed by atoms with Gasteiger partial charge in [0.1, 0.15) is 0 Å². The van der Waals surface area contributed by atoms with Crippen molar-refractivity contribution in [2.75, 3.05) is 25.4 Å². The fourth-order valence-corrected chi connectivity index (χ4v) is 4.24. The van der Waals surface area contributed by atoms with Crippen LogP contribution in [0, 0.1) is 0 Å². The Balaban J connectivity index is 1.28. The largest absolute Gasteiger partial charge is 0.399 e. The molecule has 1 aromatic carbocycles. The summed E-state index contributed by atoms with van der Waals surface area (Å²) in [6.45, 7) is 3.36. The predicted octanol–water partition coefficient (Wildman–Crippen LogP) is 0.300. The van der Waals surface area contributed by atoms with Gasteiger partial charge in [-0.25, -0.2) is 9.78 Å². The number of anilines is 1. The van der Waals surface area contributed by atoms with Crippen LogP contribution < -0.4 is 22.3 Å². The highest BCUT2D eigenvalue weighted by Gasteiger charge is 2.21. The Bertz CT molecular complexity index is 1230. The van der Waals surface area contributed by atoms with Crippen LogP contribution in [-0.4, -0.2) is 55.2 Å². The first kappa shape index (κ1) is 21.8. The fraction of sp³-hybridized carbons (Fsp3) is 0.455. The number of amides is 1. The molecule has 1 amide bonds. The second kappa shape index (κ2) is 8.99. The molecule has 0 atom stereocenters. The van der Waals surface area contributed by atoms with Gasteiger partial charge in [0.15, 0.2) is 11.2 Å². The third kappa shape index (κ3) is 4.31. The number of rotatable bonds is 6. The number of likely N-dealkylation sites (tertiary alicyclic amines) is 1. The summed E-state index contributed by atoms with van der Waals surface area (Å²) in [7, 11) is 3.11. The number of hydrogen-bond donors (Lipinski definition) is 2. The molecule has 32 heavy (non-hydrogen) atoms. The molecule has 0 spiro atoms. The van der Waals surface area contributed by atoms with E-state index in [1.54, 1.807) is 37.6 Å². The van der Waals surface area contributed by atoms with Gasteiger partial charge in [-0.05, 0) is 50.1 Å². The summed E-state index contributed by atoms with van der Waals surface area (Å²) < 4.78 is 4.34. The van der Waals surface area contributed by atoms with Crippen LogP contribution in [0.15, 0.2) is 40.2 Å². The Labute approximate surface area is 185 Å². The first-order chi connectivity index (χ1) is 15.3. The third-order valence-electron chi connectivity index (χ3n) is 6.19. The topological polar surface area (TPSA) is 120 Å². The number of aromatic nitrogens is 4. The molecule has 10 heteroatoms. The summed E-state index contributed by atoms with van der Waals surface area (Å²) in [5.41, 5.74) is 7.12. The van der Waals surface area contributed by atoms with Crippen LogP contribution in [0.4, 0.5) is 5.69 Å². The molecule has 0 bridgehead atoms. The molecule has 1 saturated heterocycles. The van der Waals surface area contributed by atoms with Gasteiger partial charge in [0.05, 0.1) is 6.33 Å². The van der Waals surface area contributed by atoms with Crippen molar-refractivity contribution in [3.8, 4) is 0 Å². The van der Waals surface area contributed by atoms with Crippen molar-refractivity contribution in [1.29, 1.82) is 0 Å². The van der Waals surface area contributed by atoms with Crippen molar-refractivity contribution in [3.63, 3.8) is 0 Å². The van der Waals surface area contributed by atoms with E-state index in [0.29, 0.717) is 29.0 Å². The lowest BCUT2D eigenvalue weighted by Gasteiger charge is -2.32. The number of fused-ring (bicyclic) bond motifs is 1. The van der Waals surface area contributed by atoms with Crippen LogP contribution in [0.1, 0.15) is 29.6 Å². The molecule has 3 aromatic rings. The average Bonchev–Trinajstić information content (AvgIpc) is 3.22. The van der Waals surface area contributed by atoms with E-state index in [9.17, 15) is 14.4 Å². The first-order valence-electron chi connectivity index (χ1n) is 10.8. The summed E-state index contributed by atoms with van der Waals surface area (Å²) in [6.07, 6.45) is 4.29. The molecule has 10 nitrogen and oxygen atoms in total. The molecule has 1 aliphatic heterocycles. The molecule has 0 aliphatic carbocycles. The van der Waals surface area contributed by atoms with Crippen molar-refractivity contribution in [3.05, 3.63) is 57.0 Å². The zero-order chi connectivity index (χ0) is 22.8. The van der Waals surface area contributed by atoms with Crippen molar-refractivity contribution in [2.24, 2.45) is 14.1 Å². The van der Waals surface area contributed by atoms with E-state index in [1.807, 2.05) is 4.57 Å². The summed E-state index contributed by atoms with van der Waals surface area (Å²) in [4.78, 5) is 43.6. The van der Waals surface area contributed by atoms with Crippen LogP contribution in [0.5, 0.6) is 0 Å². The molecule has 0 saturated carbocycles. The predicted molar refractivity (Wildman–Crippen MR) is 123 cm³/mol. The Morgan fingerprint density at radius 3 is 2.47 bits per heavy atom. The maximum absolute atomic E-state index is 12.5. The van der Waals surface area contributed by atoms with Gasteiger partial charge in [0, 0.05) is 51.0 Å². The van der Waals surface area contributed by atoms with Crippen LogP contribution in [0.3, 0.4) is 0 Å². The van der Waals surface area contributed by atoms with E-state index < -0.39 is 0 Å². The highest BCUT2D eigenvalue weighted by Crippen LogP contribution is 2.13. The minimum Gasteiger partial charge on any atom is -0.399 e.